The van der Waals surface area contributed by atoms with Gasteiger partial charge in [0.1, 0.15) is 17.2 Å². The number of nitrogens with one attached hydrogen (secondary N) is 1. The molecule has 0 aliphatic carbocycles. The summed E-state index contributed by atoms with van der Waals surface area (Å²) in [6.07, 6.45) is -0.804. The van der Waals surface area contributed by atoms with Gasteiger partial charge in [-0.2, -0.15) is 0 Å². The van der Waals surface area contributed by atoms with Crippen molar-refractivity contribution in [3.8, 4) is 0 Å². The first-order chi connectivity index (χ1) is 9.76. The van der Waals surface area contributed by atoms with E-state index >= 15 is 0 Å². The number of carbonyl (C=O) groups excluding carboxylic acids is 1. The summed E-state index contributed by atoms with van der Waals surface area (Å²) in [7, 11) is 0. The van der Waals surface area contributed by atoms with Gasteiger partial charge in [-0.05, 0) is 44.5 Å². The van der Waals surface area contributed by atoms with E-state index in [1.54, 1.807) is 20.8 Å². The van der Waals surface area contributed by atoms with Crippen LogP contribution in [-0.4, -0.2) is 30.9 Å². The topological polar surface area (TPSA) is 50.9 Å². The molecule has 1 fully saturated rings. The molecule has 21 heavy (non-hydrogen) atoms. The predicted molar refractivity (Wildman–Crippen MR) is 73.1 cm³/mol. The van der Waals surface area contributed by atoms with Gasteiger partial charge in [-0.3, -0.25) is 0 Å². The maximum Gasteiger partial charge on any atom is 0.407 e. The van der Waals surface area contributed by atoms with Crippen LogP contribution in [0.2, 0.25) is 0 Å². The van der Waals surface area contributed by atoms with E-state index in [4.69, 9.17) is 9.47 Å². The second-order valence-corrected chi connectivity index (χ2v) is 6.03. The fourth-order valence-electron chi connectivity index (χ4n) is 2.04. The van der Waals surface area contributed by atoms with Gasteiger partial charge in [0, 0.05) is 12.5 Å². The summed E-state index contributed by atoms with van der Waals surface area (Å²) in [4.78, 5) is 11.6. The molecule has 0 radical (unpaired) electrons. The second-order valence-electron chi connectivity index (χ2n) is 6.03. The number of benzene rings is 1. The summed E-state index contributed by atoms with van der Waals surface area (Å²) in [5.74, 6) is -1.47. The Bertz CT molecular complexity index is 524. The molecule has 0 saturated carbocycles. The van der Waals surface area contributed by atoms with Gasteiger partial charge in [-0.25, -0.2) is 13.6 Å². The molecular weight excluding hydrogens is 280 g/mol. The van der Waals surface area contributed by atoms with Crippen molar-refractivity contribution in [1.82, 2.24) is 5.32 Å². The monoisotopic (exact) mass is 299 g/mol. The zero-order valence-corrected chi connectivity index (χ0v) is 12.3. The minimum absolute atomic E-state index is 0.125. The molecule has 6 heteroatoms. The molecule has 1 amide bonds. The highest BCUT2D eigenvalue weighted by atomic mass is 19.1. The molecule has 2 atom stereocenters. The van der Waals surface area contributed by atoms with Crippen LogP contribution in [0, 0.1) is 11.6 Å². The van der Waals surface area contributed by atoms with Crippen LogP contribution in [-0.2, 0) is 9.47 Å². The molecule has 0 bridgehead atoms. The van der Waals surface area contributed by atoms with Gasteiger partial charge in [0.2, 0.25) is 0 Å². The third-order valence-corrected chi connectivity index (χ3v) is 3.03. The summed E-state index contributed by atoms with van der Waals surface area (Å²) in [6, 6.07) is 3.27. The smallest absolute Gasteiger partial charge is 0.407 e. The van der Waals surface area contributed by atoms with Crippen LogP contribution < -0.4 is 5.32 Å². The lowest BCUT2D eigenvalue weighted by molar-refractivity contribution is 0.0522. The van der Waals surface area contributed by atoms with Gasteiger partial charge in [0.15, 0.2) is 0 Å². The maximum absolute atomic E-state index is 13.8. The molecule has 1 heterocycles. The number of alkyl carbamates (subject to hydrolysis) is 1. The summed E-state index contributed by atoms with van der Waals surface area (Å²) in [6.45, 7) is 5.84. The van der Waals surface area contributed by atoms with E-state index in [1.165, 1.54) is 0 Å². The van der Waals surface area contributed by atoms with Gasteiger partial charge < -0.3 is 14.8 Å². The Morgan fingerprint density at radius 3 is 2.71 bits per heavy atom. The van der Waals surface area contributed by atoms with Crippen molar-refractivity contribution in [3.63, 3.8) is 0 Å². The first-order valence-electron chi connectivity index (χ1n) is 6.79. The molecule has 0 spiro atoms. The van der Waals surface area contributed by atoms with Crippen LogP contribution in [0.25, 0.3) is 0 Å². The highest BCUT2D eigenvalue weighted by Gasteiger charge is 2.36. The van der Waals surface area contributed by atoms with Crippen LogP contribution in [0.4, 0.5) is 13.6 Å². The zero-order valence-electron chi connectivity index (χ0n) is 12.3. The van der Waals surface area contributed by atoms with E-state index < -0.39 is 29.2 Å². The minimum Gasteiger partial charge on any atom is -0.444 e. The molecular formula is C15H19F2NO3. The largest absolute Gasteiger partial charge is 0.444 e. The van der Waals surface area contributed by atoms with E-state index in [0.29, 0.717) is 6.61 Å². The summed E-state index contributed by atoms with van der Waals surface area (Å²) >= 11 is 0. The molecule has 1 N–H and O–H groups in total. The van der Waals surface area contributed by atoms with Crippen LogP contribution in [0.5, 0.6) is 0 Å². The van der Waals surface area contributed by atoms with Crippen molar-refractivity contribution in [2.45, 2.75) is 38.4 Å². The van der Waals surface area contributed by atoms with Crippen molar-refractivity contribution in [2.24, 2.45) is 0 Å². The number of halogens is 2. The maximum atomic E-state index is 13.8. The highest BCUT2D eigenvalue weighted by molar-refractivity contribution is 5.67. The SMILES string of the molecule is CC(C)(C)OC(=O)NCC(c1cc(F)ccc1F)C1CO1. The minimum atomic E-state index is -0.611. The fourth-order valence-corrected chi connectivity index (χ4v) is 2.04. The van der Waals surface area contributed by atoms with E-state index in [-0.39, 0.29) is 18.2 Å². The van der Waals surface area contributed by atoms with E-state index in [1.807, 2.05) is 0 Å². The van der Waals surface area contributed by atoms with Crippen molar-refractivity contribution < 1.29 is 23.0 Å². The average molecular weight is 299 g/mol. The number of amides is 1. The molecule has 2 unspecified atom stereocenters. The van der Waals surface area contributed by atoms with Gasteiger partial charge in [-0.15, -0.1) is 0 Å². The molecule has 1 saturated heterocycles. The first-order valence-corrected chi connectivity index (χ1v) is 6.79. The lowest BCUT2D eigenvalue weighted by Gasteiger charge is -2.21. The fraction of sp³-hybridized carbons (Fsp3) is 0.533. The Labute approximate surface area is 122 Å². The standard InChI is InChI=1S/C15H19F2NO3/c1-15(2,3)21-14(19)18-7-11(13-8-20-13)10-6-9(16)4-5-12(10)17/h4-6,11,13H,7-8H2,1-3H3,(H,18,19). The summed E-state index contributed by atoms with van der Waals surface area (Å²) in [5, 5.41) is 2.58. The van der Waals surface area contributed by atoms with E-state index in [9.17, 15) is 13.6 Å². The first kappa shape index (κ1) is 15.7. The van der Waals surface area contributed by atoms with Gasteiger partial charge >= 0.3 is 6.09 Å². The number of hydrogen-bond donors (Lipinski definition) is 1. The molecule has 116 valence electrons. The number of rotatable bonds is 4. The molecule has 0 aromatic heterocycles. The Morgan fingerprint density at radius 1 is 1.48 bits per heavy atom. The quantitative estimate of drug-likeness (QED) is 0.870. The van der Waals surface area contributed by atoms with Gasteiger partial charge in [-0.1, -0.05) is 0 Å². The Kier molecular flexibility index (Phi) is 4.46. The molecule has 1 aliphatic heterocycles. The number of ether oxygens (including phenoxy) is 2. The second kappa shape index (κ2) is 5.97. The molecule has 1 aromatic carbocycles. The summed E-state index contributed by atoms with van der Waals surface area (Å²) < 4.78 is 37.4. The molecule has 1 aromatic rings. The number of carbonyl (C=O) groups is 1. The third-order valence-electron chi connectivity index (χ3n) is 3.03. The molecule has 1 aliphatic rings. The van der Waals surface area contributed by atoms with Crippen molar-refractivity contribution in [3.05, 3.63) is 35.4 Å². The van der Waals surface area contributed by atoms with Crippen LogP contribution in [0.15, 0.2) is 18.2 Å². The number of epoxide rings is 1. The van der Waals surface area contributed by atoms with Crippen molar-refractivity contribution in [2.75, 3.05) is 13.2 Å². The Morgan fingerprint density at radius 2 is 2.14 bits per heavy atom. The normalized spacial score (nSPS) is 19.0. The lowest BCUT2D eigenvalue weighted by Crippen LogP contribution is -2.36. The predicted octanol–water partition coefficient (Wildman–Crippen LogP) is 2.97. The van der Waals surface area contributed by atoms with Crippen LogP contribution in [0.3, 0.4) is 0 Å². The van der Waals surface area contributed by atoms with Crippen LogP contribution >= 0.6 is 0 Å². The molecule has 2 rings (SSSR count). The summed E-state index contributed by atoms with van der Waals surface area (Å²) in [5.41, 5.74) is -0.409. The van der Waals surface area contributed by atoms with Crippen molar-refractivity contribution in [1.29, 1.82) is 0 Å². The van der Waals surface area contributed by atoms with E-state index in [0.717, 1.165) is 18.2 Å². The average Bonchev–Trinajstić information content (AvgIpc) is 3.16. The molecule has 4 nitrogen and oxygen atoms in total. The Balaban J connectivity index is 2.03. The van der Waals surface area contributed by atoms with Gasteiger partial charge in [0.05, 0.1) is 12.7 Å². The highest BCUT2D eigenvalue weighted by Crippen LogP contribution is 2.31. The zero-order chi connectivity index (χ0) is 15.6. The van der Waals surface area contributed by atoms with Crippen molar-refractivity contribution >= 4 is 6.09 Å². The van der Waals surface area contributed by atoms with Crippen LogP contribution in [0.1, 0.15) is 32.3 Å². The van der Waals surface area contributed by atoms with Gasteiger partial charge in [0.25, 0.3) is 0 Å². The third kappa shape index (κ3) is 4.67. The van der Waals surface area contributed by atoms with E-state index in [2.05, 4.69) is 5.32 Å². The lowest BCUT2D eigenvalue weighted by atomic mass is 9.95. The Hall–Kier alpha value is -1.69. The number of hydrogen-bond acceptors (Lipinski definition) is 3.